The molecule has 0 unspecified atom stereocenters. The van der Waals surface area contributed by atoms with Gasteiger partial charge in [-0.2, -0.15) is 21.6 Å². The third-order valence-electron chi connectivity index (χ3n) is 4.43. The van der Waals surface area contributed by atoms with Crippen LogP contribution in [0, 0.1) is 5.92 Å². The fourth-order valence-electron chi connectivity index (χ4n) is 3.10. The Hall–Kier alpha value is -2.88. The maximum atomic E-state index is 12.9. The first-order chi connectivity index (χ1) is 13.9. The van der Waals surface area contributed by atoms with E-state index >= 15 is 0 Å². The minimum Gasteiger partial charge on any atom is -0.328 e. The van der Waals surface area contributed by atoms with Gasteiger partial charge in [-0.1, -0.05) is 19.9 Å². The Balaban J connectivity index is 1.94. The normalized spacial score (nSPS) is 15.6. The van der Waals surface area contributed by atoms with E-state index in [1.165, 1.54) is 30.3 Å². The Labute approximate surface area is 172 Å². The molecule has 0 aliphatic carbocycles. The number of rotatable bonds is 4. The summed E-state index contributed by atoms with van der Waals surface area (Å²) in [5, 5.41) is 2.37. The summed E-state index contributed by atoms with van der Waals surface area (Å²) in [4.78, 5) is 14.2. The quantitative estimate of drug-likeness (QED) is 0.759. The lowest BCUT2D eigenvalue weighted by Gasteiger charge is -2.30. The minimum absolute atomic E-state index is 0.00557. The van der Waals surface area contributed by atoms with Crippen molar-refractivity contribution in [2.24, 2.45) is 10.3 Å². The molecule has 0 radical (unpaired) electrons. The van der Waals surface area contributed by atoms with Gasteiger partial charge in [0.05, 0.1) is 11.3 Å². The molecule has 3 rings (SSSR count). The maximum absolute atomic E-state index is 12.9. The molecule has 10 heteroatoms. The zero-order valence-electron chi connectivity index (χ0n) is 16.5. The Morgan fingerprint density at radius 1 is 1.17 bits per heavy atom. The maximum Gasteiger partial charge on any atom is 0.416 e. The van der Waals surface area contributed by atoms with Crippen LogP contribution >= 0.6 is 0 Å². The van der Waals surface area contributed by atoms with E-state index in [4.69, 9.17) is 0 Å². The molecule has 1 N–H and O–H groups in total. The molecule has 1 aliphatic rings. The van der Waals surface area contributed by atoms with Crippen molar-refractivity contribution in [1.82, 2.24) is 0 Å². The van der Waals surface area contributed by atoms with Crippen molar-refractivity contribution in [1.29, 1.82) is 0 Å². The molecule has 0 bridgehead atoms. The molecule has 0 atom stereocenters. The number of carbonyl (C=O) groups is 1. The Kier molecular flexibility index (Phi) is 5.64. The summed E-state index contributed by atoms with van der Waals surface area (Å²) >= 11 is 0. The molecule has 1 amide bonds. The summed E-state index contributed by atoms with van der Waals surface area (Å²) < 4.78 is 67.4. The van der Waals surface area contributed by atoms with Crippen LogP contribution in [0.15, 0.2) is 51.8 Å². The van der Waals surface area contributed by atoms with Crippen molar-refractivity contribution < 1.29 is 26.4 Å². The zero-order valence-corrected chi connectivity index (χ0v) is 17.3. The third-order valence-corrected chi connectivity index (χ3v) is 5.82. The zero-order chi connectivity index (χ0) is 22.3. The van der Waals surface area contributed by atoms with E-state index in [0.717, 1.165) is 12.1 Å². The average molecular weight is 439 g/mol. The van der Waals surface area contributed by atoms with Gasteiger partial charge in [0, 0.05) is 17.8 Å². The smallest absolute Gasteiger partial charge is 0.328 e. The van der Waals surface area contributed by atoms with E-state index in [0.29, 0.717) is 18.1 Å². The van der Waals surface area contributed by atoms with Crippen molar-refractivity contribution in [3.63, 3.8) is 0 Å². The molecule has 2 aromatic rings. The second kappa shape index (κ2) is 7.75. The molecule has 0 spiro atoms. The molecule has 30 heavy (non-hydrogen) atoms. The Morgan fingerprint density at radius 3 is 2.50 bits per heavy atom. The predicted octanol–water partition coefficient (Wildman–Crippen LogP) is 4.54. The number of amides is 1. The van der Waals surface area contributed by atoms with Crippen LogP contribution in [0.25, 0.3) is 0 Å². The summed E-state index contributed by atoms with van der Waals surface area (Å²) in [7, 11) is -4.00. The summed E-state index contributed by atoms with van der Waals surface area (Å²) in [6.07, 6.45) is -4.55. The van der Waals surface area contributed by atoms with Gasteiger partial charge in [0.1, 0.15) is 10.7 Å². The molecule has 0 saturated heterocycles. The van der Waals surface area contributed by atoms with Gasteiger partial charge in [0.25, 0.3) is 15.9 Å². The van der Waals surface area contributed by atoms with Gasteiger partial charge in [-0.15, -0.1) is 4.40 Å². The van der Waals surface area contributed by atoms with E-state index in [2.05, 4.69) is 9.71 Å². The number of anilines is 2. The van der Waals surface area contributed by atoms with Gasteiger partial charge in [-0.3, -0.25) is 4.79 Å². The number of nitrogens with one attached hydrogen (secondary N) is 1. The van der Waals surface area contributed by atoms with Crippen molar-refractivity contribution in [3.05, 3.63) is 53.6 Å². The topological polar surface area (TPSA) is 78.8 Å². The average Bonchev–Trinajstić information content (AvgIpc) is 2.64. The second-order valence-electron chi connectivity index (χ2n) is 7.33. The highest BCUT2D eigenvalue weighted by Gasteiger charge is 2.31. The van der Waals surface area contributed by atoms with Crippen LogP contribution in [0.1, 0.15) is 36.7 Å². The van der Waals surface area contributed by atoms with Gasteiger partial charge in [-0.25, -0.2) is 0 Å². The van der Waals surface area contributed by atoms with E-state index in [9.17, 15) is 26.4 Å². The first-order valence-electron chi connectivity index (χ1n) is 9.10. The summed E-state index contributed by atoms with van der Waals surface area (Å²) in [6.45, 7) is 6.09. The van der Waals surface area contributed by atoms with E-state index in [1.54, 1.807) is 11.8 Å². The van der Waals surface area contributed by atoms with Crippen LogP contribution in [-0.4, -0.2) is 26.7 Å². The van der Waals surface area contributed by atoms with Gasteiger partial charge in [0.15, 0.2) is 0 Å². The lowest BCUT2D eigenvalue weighted by Crippen LogP contribution is -2.36. The fraction of sp³-hybridized carbons (Fsp3) is 0.300. The van der Waals surface area contributed by atoms with Crippen LogP contribution < -0.4 is 10.2 Å². The summed E-state index contributed by atoms with van der Waals surface area (Å²) in [6, 6.07) is 8.34. The minimum atomic E-state index is -4.55. The van der Waals surface area contributed by atoms with Crippen molar-refractivity contribution >= 4 is 33.1 Å². The fourth-order valence-corrected chi connectivity index (χ4v) is 4.37. The van der Waals surface area contributed by atoms with Crippen LogP contribution in [0.2, 0.25) is 0 Å². The molecule has 0 fully saturated rings. The molecule has 0 aromatic heterocycles. The monoisotopic (exact) mass is 439 g/mol. The van der Waals surface area contributed by atoms with Crippen LogP contribution in [0.5, 0.6) is 0 Å². The Bertz CT molecular complexity index is 1130. The highest BCUT2D eigenvalue weighted by Crippen LogP contribution is 2.34. The molecular weight excluding hydrogens is 419 g/mol. The molecular formula is C20H20F3N3O3S. The third kappa shape index (κ3) is 4.48. The highest BCUT2D eigenvalue weighted by atomic mass is 32.2. The largest absolute Gasteiger partial charge is 0.416 e. The van der Waals surface area contributed by atoms with Gasteiger partial charge in [-0.05, 0) is 49.2 Å². The summed E-state index contributed by atoms with van der Waals surface area (Å²) in [5.41, 5.74) is -0.547. The first kappa shape index (κ1) is 21.8. The van der Waals surface area contributed by atoms with E-state index < -0.39 is 27.7 Å². The van der Waals surface area contributed by atoms with Crippen LogP contribution in [0.4, 0.5) is 24.5 Å². The van der Waals surface area contributed by atoms with Crippen molar-refractivity contribution in [2.45, 2.75) is 31.8 Å². The van der Waals surface area contributed by atoms with Gasteiger partial charge >= 0.3 is 6.18 Å². The first-order valence-corrected chi connectivity index (χ1v) is 10.5. The SMILES string of the molecule is CC1=NS(=O)(=O)c2cc(C(=O)Nc3cccc(C(F)(F)F)c3)ccc2N1CC(C)C. The molecule has 160 valence electrons. The number of fused-ring (bicyclic) bond motifs is 1. The lowest BCUT2D eigenvalue weighted by molar-refractivity contribution is -0.137. The van der Waals surface area contributed by atoms with Crippen molar-refractivity contribution in [2.75, 3.05) is 16.8 Å². The number of benzene rings is 2. The van der Waals surface area contributed by atoms with E-state index in [-0.39, 0.29) is 22.1 Å². The van der Waals surface area contributed by atoms with E-state index in [1.807, 2.05) is 13.8 Å². The number of alkyl halides is 3. The molecule has 2 aromatic carbocycles. The second-order valence-corrected chi connectivity index (χ2v) is 8.91. The molecule has 6 nitrogen and oxygen atoms in total. The standard InChI is InChI=1S/C20H20F3N3O3S/c1-12(2)11-26-13(3)25-30(28,29)18-9-14(7-8-17(18)26)19(27)24-16-6-4-5-15(10-16)20(21,22)23/h4-10,12H,11H2,1-3H3,(H,24,27). The molecule has 1 heterocycles. The van der Waals surface area contributed by atoms with Crippen LogP contribution in [-0.2, 0) is 16.2 Å². The lowest BCUT2D eigenvalue weighted by atomic mass is 10.1. The summed E-state index contributed by atoms with van der Waals surface area (Å²) in [5.74, 6) is -0.168. The highest BCUT2D eigenvalue weighted by molar-refractivity contribution is 7.90. The predicted molar refractivity (Wildman–Crippen MR) is 108 cm³/mol. The Morgan fingerprint density at radius 2 is 1.87 bits per heavy atom. The number of halogens is 3. The molecule has 0 saturated carbocycles. The van der Waals surface area contributed by atoms with Gasteiger partial charge < -0.3 is 10.2 Å². The number of hydrogen-bond acceptors (Lipinski definition) is 4. The number of carbonyl (C=O) groups excluding carboxylic acids is 1. The number of hydrogen-bond donors (Lipinski definition) is 1. The number of nitrogens with zero attached hydrogens (tertiary/aromatic N) is 2. The number of sulfonamides is 1. The van der Waals surface area contributed by atoms with Crippen LogP contribution in [0.3, 0.4) is 0 Å². The molecule has 1 aliphatic heterocycles. The van der Waals surface area contributed by atoms with Crippen molar-refractivity contribution in [3.8, 4) is 0 Å². The van der Waals surface area contributed by atoms with Gasteiger partial charge in [0.2, 0.25) is 0 Å². The number of amidine groups is 1.